The number of aliphatic imine (C=N–C) groups is 1. The highest BCUT2D eigenvalue weighted by Crippen LogP contribution is 2.28. The molecule has 28 nitrogen and oxygen atoms in total. The molecule has 6 aromatic carbocycles. The van der Waals surface area contributed by atoms with Gasteiger partial charge in [0.05, 0.1) is 51.4 Å². The minimum Gasteiger partial charge on any atom is -0.399 e. The zero-order chi connectivity index (χ0) is 76.0. The number of aromatic nitrogens is 6. The molecule has 3 heterocycles. The number of nitro benzene ring substituents is 1. The minimum atomic E-state index is -3.96. The fraction of sp³-hybridized carbons (Fsp3) is 0.185. The molecular weight excluding hydrogens is 1510 g/mol. The van der Waals surface area contributed by atoms with Crippen LogP contribution in [0.25, 0.3) is 0 Å². The number of carbonyl (C=O) groups excluding carboxylic acids is 5. The second kappa shape index (κ2) is 37.8. The van der Waals surface area contributed by atoms with E-state index in [9.17, 15) is 59.3 Å². The quantitative estimate of drug-likeness (QED) is 0.0175. The minimum absolute atomic E-state index is 0.00342. The van der Waals surface area contributed by atoms with Gasteiger partial charge in [-0.2, -0.15) is 0 Å². The summed E-state index contributed by atoms with van der Waals surface area (Å²) in [5.74, 6) is -1.72. The Hall–Kier alpha value is -9.79. The highest BCUT2D eigenvalue weighted by molar-refractivity contribution is 7.93. The van der Waals surface area contributed by atoms with Crippen molar-refractivity contribution >= 4 is 164 Å². The van der Waals surface area contributed by atoms with Crippen molar-refractivity contribution in [2.45, 2.75) is 82.9 Å². The number of nitrogens with two attached hydrogens (primary N) is 2. The molecule has 0 atom stereocenters. The molecule has 0 unspecified atom stereocenters. The molecule has 0 aliphatic rings. The molecule has 9 rings (SSSR count). The van der Waals surface area contributed by atoms with Crippen LogP contribution in [0.2, 0.25) is 30.1 Å². The Morgan fingerprint density at radius 3 is 1.27 bits per heavy atom. The summed E-state index contributed by atoms with van der Waals surface area (Å²) >= 11 is 34.3. The number of aryl methyl sites for hydroxylation is 6. The number of hydrogen-bond acceptors (Lipinski definition) is 20. The lowest BCUT2D eigenvalue weighted by Gasteiger charge is -2.22. The van der Waals surface area contributed by atoms with E-state index in [-0.39, 0.29) is 82.2 Å². The van der Waals surface area contributed by atoms with E-state index >= 15 is 0 Å². The molecule has 0 aliphatic carbocycles. The third kappa shape index (κ3) is 24.5. The lowest BCUT2D eigenvalue weighted by molar-refractivity contribution is -0.384. The van der Waals surface area contributed by atoms with Gasteiger partial charge >= 0.3 is 6.03 Å². The van der Waals surface area contributed by atoms with Gasteiger partial charge in [0.2, 0.25) is 29.8 Å². The van der Waals surface area contributed by atoms with Gasteiger partial charge in [-0.15, -0.1) is 4.99 Å². The normalized spacial score (nSPS) is 10.8. The van der Waals surface area contributed by atoms with Gasteiger partial charge in [0.15, 0.2) is 0 Å². The number of anilines is 5. The Morgan fingerprint density at radius 2 is 0.902 bits per heavy atom. The number of primary amides is 1. The maximum Gasteiger partial charge on any atom is 0.326 e. The number of nitrogen functional groups attached to an aromatic ring is 1. The maximum absolute atomic E-state index is 13.3. The molecule has 0 radical (unpaired) electrons. The predicted octanol–water partition coefficient (Wildman–Crippen LogP) is 13.6. The predicted molar refractivity (Wildman–Crippen MR) is 392 cm³/mol. The van der Waals surface area contributed by atoms with Gasteiger partial charge in [-0.3, -0.25) is 29.8 Å². The topological polar surface area (TPSA) is 415 Å². The maximum atomic E-state index is 13.3. The third-order valence-electron chi connectivity index (χ3n) is 12.9. The van der Waals surface area contributed by atoms with Crippen molar-refractivity contribution in [2.75, 3.05) is 37.5 Å². The van der Waals surface area contributed by atoms with Crippen molar-refractivity contribution in [2.24, 2.45) is 10.7 Å². The number of nitrogens with zero attached hydrogens (tertiary/aromatic N) is 10. The van der Waals surface area contributed by atoms with E-state index in [1.807, 2.05) is 33.8 Å². The summed E-state index contributed by atoms with van der Waals surface area (Å²) < 4.78 is 81.3. The van der Waals surface area contributed by atoms with Crippen molar-refractivity contribution in [1.82, 2.24) is 35.2 Å². The summed E-state index contributed by atoms with van der Waals surface area (Å²) in [6.45, 7) is 14.9. The first-order valence-corrected chi connectivity index (χ1v) is 36.2. The average Bonchev–Trinajstić information content (AvgIpc) is 0.796. The number of imide groups is 1. The molecule has 37 heteroatoms. The largest absolute Gasteiger partial charge is 0.399 e. The van der Waals surface area contributed by atoms with E-state index < -0.39 is 58.7 Å². The Bertz CT molecular complexity index is 4910. The zero-order valence-corrected chi connectivity index (χ0v) is 62.1. The number of halogens is 6. The summed E-state index contributed by atoms with van der Waals surface area (Å²) in [7, 11) is -11.6. The first-order valence-electron chi connectivity index (χ1n) is 29.5. The van der Waals surface area contributed by atoms with Gasteiger partial charge in [-0.05, 0) is 188 Å². The molecule has 536 valence electrons. The van der Waals surface area contributed by atoms with Gasteiger partial charge in [0.1, 0.15) is 0 Å². The van der Waals surface area contributed by atoms with Crippen LogP contribution in [0.5, 0.6) is 0 Å². The number of nitrogens with one attached hydrogen (secondary N) is 3. The molecule has 7 N–H and O–H groups in total. The van der Waals surface area contributed by atoms with Crippen LogP contribution in [0.15, 0.2) is 165 Å². The van der Waals surface area contributed by atoms with E-state index in [4.69, 9.17) is 81.1 Å². The van der Waals surface area contributed by atoms with Gasteiger partial charge in [-0.1, -0.05) is 83.5 Å². The zero-order valence-electron chi connectivity index (χ0n) is 55.1. The van der Waals surface area contributed by atoms with Crippen LogP contribution in [-0.4, -0.2) is 103 Å². The molecule has 0 saturated carbocycles. The second-order valence-electron chi connectivity index (χ2n) is 21.1. The van der Waals surface area contributed by atoms with E-state index in [1.54, 1.807) is 58.0 Å². The first-order chi connectivity index (χ1) is 47.9. The Labute approximate surface area is 617 Å². The van der Waals surface area contributed by atoms with Crippen LogP contribution in [0, 0.1) is 51.7 Å². The van der Waals surface area contributed by atoms with Crippen molar-refractivity contribution in [3.63, 3.8) is 0 Å². The molecule has 102 heavy (non-hydrogen) atoms. The van der Waals surface area contributed by atoms with Crippen LogP contribution in [0.3, 0.4) is 0 Å². The lowest BCUT2D eigenvalue weighted by atomic mass is 10.2. The molecule has 0 aliphatic heterocycles. The number of rotatable bonds is 18. The van der Waals surface area contributed by atoms with Crippen molar-refractivity contribution in [1.29, 1.82) is 0 Å². The van der Waals surface area contributed by atoms with Crippen LogP contribution in [-0.2, 0) is 34.9 Å². The van der Waals surface area contributed by atoms with Crippen molar-refractivity contribution in [3.05, 3.63) is 237 Å². The molecular formula is C65H63Cl6N15O13S3. The highest BCUT2D eigenvalue weighted by atomic mass is 35.5. The summed E-state index contributed by atoms with van der Waals surface area (Å²) in [6.07, 6.45) is 2.36. The Balaban J connectivity index is 0.000000243. The lowest BCUT2D eigenvalue weighted by Crippen LogP contribution is -2.34. The standard InChI is InChI=1S/C23H23Cl2N5O4S.C15H20N4O2S.C12H12N4O4S.C8H3Cl2NO2.C7H5Cl2NO/c1-4-11-30(22-26-14(2)12-15(3)27-22)35(33,34)18-8-6-17(7-9-18)28-23(32)29-21(31)19-10-5-16(24)13-20(19)25;1-4-9-19(15-17-11(2)10-12(3)18-15)22(20,21)14-7-5-13(16)6-8-14;1-8-7-9(2)14-12(13-8)15-21(19,20)11-5-3-10(4-6-11)16(17)18;9-5-1-2-6(7(10)3-5)8(13)11-4-12;8-4-1-2-5(7(10)11)6(9)3-4/h5-10,12-13H,4,11H2,1-3H3,(H2,28,29,31,32);5-8,10H,4,9,16H2,1-3H3;3-7H,1-2H3,(H,13,14,15);1-3H;1-3H,(H2,10,11). The molecule has 0 saturated heterocycles. The Morgan fingerprint density at radius 1 is 0.529 bits per heavy atom. The molecule has 0 fully saturated rings. The van der Waals surface area contributed by atoms with E-state index in [1.165, 1.54) is 89.2 Å². The van der Waals surface area contributed by atoms with Crippen LogP contribution in [0.1, 0.15) is 91.9 Å². The Kier molecular flexibility index (Phi) is 30.7. The molecule has 0 bridgehead atoms. The van der Waals surface area contributed by atoms with Crippen LogP contribution in [0.4, 0.5) is 39.7 Å². The van der Waals surface area contributed by atoms with Crippen LogP contribution >= 0.6 is 69.6 Å². The summed E-state index contributed by atoms with van der Waals surface area (Å²) in [5.41, 5.74) is 15.8. The van der Waals surface area contributed by atoms with Crippen molar-refractivity contribution < 1.29 is 54.1 Å². The number of nitro groups is 1. The van der Waals surface area contributed by atoms with Crippen molar-refractivity contribution in [3.8, 4) is 0 Å². The fourth-order valence-corrected chi connectivity index (χ4v) is 13.8. The summed E-state index contributed by atoms with van der Waals surface area (Å²) in [5, 5.41) is 17.0. The van der Waals surface area contributed by atoms with E-state index in [0.29, 0.717) is 62.9 Å². The third-order valence-corrected chi connectivity index (χ3v) is 19.5. The monoisotopic (exact) mass is 1570 g/mol. The van der Waals surface area contributed by atoms with E-state index in [2.05, 4.69) is 50.3 Å². The number of urea groups is 1. The molecule has 5 amide bonds. The SMILES string of the molecule is CCCN(c1nc(C)cc(C)n1)S(=O)(=O)c1ccc(N)cc1.CCCN(c1nc(C)cc(C)n1)S(=O)(=O)c1ccc(NC(=O)NC(=O)c2ccc(Cl)cc2Cl)cc1.Cc1cc(C)nc(NS(=O)(=O)c2ccc([N+](=O)[O-])cc2)n1.NC(=O)c1ccc(Cl)cc1Cl.O=C=NC(=O)c1ccc(Cl)cc1Cl. The van der Waals surface area contributed by atoms with E-state index in [0.717, 1.165) is 46.0 Å². The number of isocyanates is 1. The second-order valence-corrected chi connectivity index (χ2v) is 29.1. The summed E-state index contributed by atoms with van der Waals surface area (Å²) in [4.78, 5) is 94.0. The number of carbonyl (C=O) groups is 4. The van der Waals surface area contributed by atoms with Gasteiger partial charge < -0.3 is 16.8 Å². The number of amides is 5. The smallest absolute Gasteiger partial charge is 0.326 e. The van der Waals surface area contributed by atoms with Gasteiger partial charge in [0.25, 0.3) is 47.6 Å². The van der Waals surface area contributed by atoms with Gasteiger partial charge in [0, 0.05) is 85.8 Å². The van der Waals surface area contributed by atoms with Gasteiger partial charge in [-0.25, -0.2) is 78.1 Å². The average molecular weight is 1570 g/mol. The molecule has 9 aromatic rings. The molecule has 0 spiro atoms. The fourth-order valence-electron chi connectivity index (χ4n) is 8.46. The number of non-ortho nitro benzene ring substituents is 1. The first kappa shape index (κ1) is 82.9. The number of hydrogen-bond donors (Lipinski definition) is 5. The number of sulfonamides is 3. The van der Waals surface area contributed by atoms with Crippen LogP contribution < -0.4 is 35.4 Å². The summed E-state index contributed by atoms with van der Waals surface area (Å²) in [6, 6.07) is 33.8. The molecule has 3 aromatic heterocycles. The number of benzene rings is 6. The highest BCUT2D eigenvalue weighted by Gasteiger charge is 2.29.